The van der Waals surface area contributed by atoms with Crippen LogP contribution in [0.15, 0.2) is 12.3 Å². The van der Waals surface area contributed by atoms with Gasteiger partial charge in [0.05, 0.1) is 6.20 Å². The number of halogens is 2. The molecule has 0 saturated heterocycles. The SMILES string of the molecule is Cc1[nH]ncc1CN(C)c1cc(C2CC(N)C2)nc(C2CC2)n1.Cl.Cl. The van der Waals surface area contributed by atoms with Gasteiger partial charge >= 0.3 is 0 Å². The Morgan fingerprint density at radius 1 is 1.20 bits per heavy atom. The molecule has 0 atom stereocenters. The summed E-state index contributed by atoms with van der Waals surface area (Å²) in [6, 6.07) is 2.49. The Morgan fingerprint density at radius 2 is 1.92 bits per heavy atom. The highest BCUT2D eigenvalue weighted by Gasteiger charge is 2.32. The predicted octanol–water partition coefficient (Wildman–Crippen LogP) is 3.07. The van der Waals surface area contributed by atoms with Crippen LogP contribution in [0.3, 0.4) is 0 Å². The molecule has 2 aliphatic carbocycles. The molecule has 2 aromatic rings. The van der Waals surface area contributed by atoms with E-state index in [1.165, 1.54) is 24.1 Å². The van der Waals surface area contributed by atoms with Gasteiger partial charge in [0.25, 0.3) is 0 Å². The Kier molecular flexibility index (Phi) is 6.30. The lowest BCUT2D eigenvalue weighted by Gasteiger charge is -2.32. The van der Waals surface area contributed by atoms with Gasteiger partial charge in [0.1, 0.15) is 11.6 Å². The second-order valence-electron chi connectivity index (χ2n) is 7.09. The molecule has 138 valence electrons. The van der Waals surface area contributed by atoms with Crippen LogP contribution >= 0.6 is 24.8 Å². The van der Waals surface area contributed by atoms with E-state index >= 15 is 0 Å². The second-order valence-corrected chi connectivity index (χ2v) is 7.09. The number of aromatic nitrogens is 4. The highest BCUT2D eigenvalue weighted by molar-refractivity contribution is 5.85. The Hall–Kier alpha value is -1.37. The number of anilines is 1. The van der Waals surface area contributed by atoms with E-state index < -0.39 is 0 Å². The predicted molar refractivity (Wildman–Crippen MR) is 104 cm³/mol. The Balaban J connectivity index is 0.00000113. The zero-order valence-electron chi connectivity index (χ0n) is 14.6. The minimum atomic E-state index is 0. The summed E-state index contributed by atoms with van der Waals surface area (Å²) in [7, 11) is 2.09. The lowest BCUT2D eigenvalue weighted by Crippen LogP contribution is -2.35. The summed E-state index contributed by atoms with van der Waals surface area (Å²) in [6.45, 7) is 2.85. The smallest absolute Gasteiger partial charge is 0.134 e. The van der Waals surface area contributed by atoms with Gasteiger partial charge in [-0.15, -0.1) is 24.8 Å². The molecule has 3 N–H and O–H groups in total. The number of hydrogen-bond donors (Lipinski definition) is 2. The van der Waals surface area contributed by atoms with Crippen molar-refractivity contribution in [3.8, 4) is 0 Å². The third-order valence-electron chi connectivity index (χ3n) is 5.02. The van der Waals surface area contributed by atoms with Crippen LogP contribution in [0.1, 0.15) is 60.3 Å². The van der Waals surface area contributed by atoms with Crippen molar-refractivity contribution in [3.05, 3.63) is 35.0 Å². The highest BCUT2D eigenvalue weighted by Crippen LogP contribution is 2.41. The fourth-order valence-electron chi connectivity index (χ4n) is 3.18. The molecular weight excluding hydrogens is 359 g/mol. The first-order chi connectivity index (χ1) is 11.1. The number of nitrogens with one attached hydrogen (secondary N) is 1. The van der Waals surface area contributed by atoms with E-state index in [2.05, 4.69) is 28.2 Å². The molecule has 6 nitrogen and oxygen atoms in total. The molecular formula is C17H26Cl2N6. The van der Waals surface area contributed by atoms with Crippen LogP contribution in [0.5, 0.6) is 0 Å². The first-order valence-electron chi connectivity index (χ1n) is 8.44. The van der Waals surface area contributed by atoms with Crippen molar-refractivity contribution in [1.82, 2.24) is 20.2 Å². The fraction of sp³-hybridized carbons (Fsp3) is 0.588. The number of aryl methyl sites for hydroxylation is 1. The minimum Gasteiger partial charge on any atom is -0.355 e. The van der Waals surface area contributed by atoms with Crippen molar-refractivity contribution in [2.45, 2.75) is 57.0 Å². The molecule has 0 aromatic carbocycles. The van der Waals surface area contributed by atoms with Crippen molar-refractivity contribution in [2.75, 3.05) is 11.9 Å². The van der Waals surface area contributed by atoms with E-state index in [1.807, 2.05) is 13.1 Å². The van der Waals surface area contributed by atoms with Crippen LogP contribution in [0.25, 0.3) is 0 Å². The molecule has 0 amide bonds. The maximum Gasteiger partial charge on any atom is 0.134 e. The van der Waals surface area contributed by atoms with Gasteiger partial charge in [-0.3, -0.25) is 5.10 Å². The van der Waals surface area contributed by atoms with Gasteiger partial charge in [-0.25, -0.2) is 9.97 Å². The van der Waals surface area contributed by atoms with Crippen LogP contribution in [0, 0.1) is 6.92 Å². The van der Waals surface area contributed by atoms with Crippen LogP contribution in [-0.4, -0.2) is 33.3 Å². The molecule has 8 heteroatoms. The van der Waals surface area contributed by atoms with Gasteiger partial charge in [0.15, 0.2) is 0 Å². The van der Waals surface area contributed by atoms with Gasteiger partial charge < -0.3 is 10.6 Å². The maximum absolute atomic E-state index is 5.96. The molecule has 0 bridgehead atoms. The summed E-state index contributed by atoms with van der Waals surface area (Å²) < 4.78 is 0. The first kappa shape index (κ1) is 19.9. The topological polar surface area (TPSA) is 83.7 Å². The van der Waals surface area contributed by atoms with Gasteiger partial charge in [0, 0.05) is 54.5 Å². The summed E-state index contributed by atoms with van der Waals surface area (Å²) >= 11 is 0. The first-order valence-corrected chi connectivity index (χ1v) is 8.44. The van der Waals surface area contributed by atoms with Gasteiger partial charge in [0.2, 0.25) is 0 Å². The van der Waals surface area contributed by atoms with Crippen LogP contribution in [0.4, 0.5) is 5.82 Å². The van der Waals surface area contributed by atoms with E-state index in [4.69, 9.17) is 15.7 Å². The zero-order valence-corrected chi connectivity index (χ0v) is 16.2. The lowest BCUT2D eigenvalue weighted by atomic mass is 9.78. The lowest BCUT2D eigenvalue weighted by molar-refractivity contribution is 0.344. The summed E-state index contributed by atoms with van der Waals surface area (Å²) in [5.41, 5.74) is 9.44. The standard InChI is InChI=1S/C17H24N6.2ClH/c1-10-13(8-19-22-10)9-23(2)16-7-15(12-5-14(18)6-12)20-17(21-16)11-3-4-11;;/h7-8,11-12,14H,3-6,9,18H2,1-2H3,(H,19,22);2*1H. The molecule has 0 spiro atoms. The normalized spacial score (nSPS) is 21.7. The van der Waals surface area contributed by atoms with E-state index in [9.17, 15) is 0 Å². The zero-order chi connectivity index (χ0) is 16.0. The molecule has 2 fully saturated rings. The van der Waals surface area contributed by atoms with Gasteiger partial charge in [-0.05, 0) is 32.6 Å². The molecule has 2 heterocycles. The van der Waals surface area contributed by atoms with Gasteiger partial charge in [-0.2, -0.15) is 5.10 Å². The Bertz CT molecular complexity index is 709. The molecule has 25 heavy (non-hydrogen) atoms. The molecule has 4 rings (SSSR count). The van der Waals surface area contributed by atoms with Crippen LogP contribution in [0.2, 0.25) is 0 Å². The maximum atomic E-state index is 5.96. The number of nitrogens with two attached hydrogens (primary N) is 1. The largest absolute Gasteiger partial charge is 0.355 e. The van der Waals surface area contributed by atoms with E-state index in [0.717, 1.165) is 36.7 Å². The number of aromatic amines is 1. The summed E-state index contributed by atoms with van der Waals surface area (Å²) in [4.78, 5) is 11.8. The third kappa shape index (κ3) is 4.25. The van der Waals surface area contributed by atoms with Crippen molar-refractivity contribution >= 4 is 30.6 Å². The molecule has 0 radical (unpaired) electrons. The van der Waals surface area contributed by atoms with Crippen LogP contribution in [-0.2, 0) is 6.54 Å². The highest BCUT2D eigenvalue weighted by atomic mass is 35.5. The van der Waals surface area contributed by atoms with Crippen molar-refractivity contribution in [3.63, 3.8) is 0 Å². The summed E-state index contributed by atoms with van der Waals surface area (Å²) in [5.74, 6) is 3.10. The average molecular weight is 385 g/mol. The minimum absolute atomic E-state index is 0. The Labute approximate surface area is 160 Å². The molecule has 0 unspecified atom stereocenters. The van der Waals surface area contributed by atoms with Crippen molar-refractivity contribution < 1.29 is 0 Å². The van der Waals surface area contributed by atoms with Crippen molar-refractivity contribution in [2.24, 2.45) is 5.73 Å². The number of hydrogen-bond acceptors (Lipinski definition) is 5. The Morgan fingerprint density at radius 3 is 2.48 bits per heavy atom. The van der Waals surface area contributed by atoms with E-state index in [0.29, 0.717) is 17.9 Å². The van der Waals surface area contributed by atoms with E-state index in [1.54, 1.807) is 0 Å². The molecule has 2 aromatic heterocycles. The fourth-order valence-corrected chi connectivity index (χ4v) is 3.18. The van der Waals surface area contributed by atoms with E-state index in [-0.39, 0.29) is 24.8 Å². The monoisotopic (exact) mass is 384 g/mol. The average Bonchev–Trinajstić information content (AvgIpc) is 3.29. The van der Waals surface area contributed by atoms with Gasteiger partial charge in [-0.1, -0.05) is 0 Å². The number of H-pyrrole nitrogens is 1. The number of nitrogens with zero attached hydrogens (tertiary/aromatic N) is 4. The second kappa shape index (κ2) is 7.89. The summed E-state index contributed by atoms with van der Waals surface area (Å²) in [5, 5.41) is 7.10. The quantitative estimate of drug-likeness (QED) is 0.827. The van der Waals surface area contributed by atoms with Crippen LogP contribution < -0.4 is 10.6 Å². The summed E-state index contributed by atoms with van der Waals surface area (Å²) in [6.07, 6.45) is 6.42. The molecule has 2 saturated carbocycles. The number of rotatable bonds is 5. The molecule has 2 aliphatic rings. The van der Waals surface area contributed by atoms with Crippen molar-refractivity contribution in [1.29, 1.82) is 0 Å². The molecule has 0 aliphatic heterocycles. The third-order valence-corrected chi connectivity index (χ3v) is 5.02.